The summed E-state index contributed by atoms with van der Waals surface area (Å²) >= 11 is 0. The van der Waals surface area contributed by atoms with E-state index < -0.39 is 0 Å². The summed E-state index contributed by atoms with van der Waals surface area (Å²) < 4.78 is 4.84. The number of nitrogens with zero attached hydrogens (tertiary/aromatic N) is 3. The first-order valence-corrected chi connectivity index (χ1v) is 47.9. The predicted molar refractivity (Wildman–Crippen MR) is 601 cm³/mol. The topological polar surface area (TPSA) is 13.1 Å². The lowest BCUT2D eigenvalue weighted by Crippen LogP contribution is -2.09. The molecule has 0 spiro atoms. The van der Waals surface area contributed by atoms with Crippen LogP contribution in [-0.4, -0.2) is 9.13 Å². The summed E-state index contributed by atoms with van der Waals surface area (Å²) in [6.07, 6.45) is 0. The number of hydrogen-bond acceptors (Lipinski definition) is 1. The van der Waals surface area contributed by atoms with Crippen molar-refractivity contribution >= 4 is 136 Å². The quantitative estimate of drug-likeness (QED) is 0.0989. The van der Waals surface area contributed by atoms with Gasteiger partial charge in [-0.25, -0.2) is 0 Å². The van der Waals surface area contributed by atoms with E-state index in [4.69, 9.17) is 0 Å². The van der Waals surface area contributed by atoms with E-state index in [1.54, 1.807) is 0 Å². The molecule has 0 radical (unpaired) electrons. The molecule has 27 aromatic rings. The third-order valence-electron chi connectivity index (χ3n) is 28.0. The zero-order valence-electron chi connectivity index (χ0n) is 76.4. The third kappa shape index (κ3) is 15.9. The van der Waals surface area contributed by atoms with Gasteiger partial charge in [-0.05, 0) is 291 Å². The lowest BCUT2D eigenvalue weighted by Gasteiger charge is -2.26. The molecule has 0 amide bonds. The van der Waals surface area contributed by atoms with Gasteiger partial charge in [0.25, 0.3) is 0 Å². The van der Waals surface area contributed by atoms with Crippen LogP contribution < -0.4 is 4.90 Å². The number of para-hydroxylation sites is 1. The Morgan fingerprint density at radius 2 is 0.343 bits per heavy atom. The van der Waals surface area contributed by atoms with Crippen LogP contribution in [0.25, 0.3) is 231 Å². The number of aromatic nitrogens is 2. The Kier molecular flexibility index (Phi) is 22.3. The summed E-state index contributed by atoms with van der Waals surface area (Å²) in [6.45, 7) is 0. The molecule has 27 rings (SSSR count). The van der Waals surface area contributed by atoms with Gasteiger partial charge in [0.05, 0.1) is 22.1 Å². The maximum absolute atomic E-state index is 2.45. The van der Waals surface area contributed by atoms with E-state index in [0.717, 1.165) is 28.4 Å². The second-order valence-corrected chi connectivity index (χ2v) is 36.1. The summed E-state index contributed by atoms with van der Waals surface area (Å²) in [5, 5.41) is 22.9. The first-order chi connectivity index (χ1) is 68.9. The van der Waals surface area contributed by atoms with Crippen LogP contribution in [0.5, 0.6) is 0 Å². The second-order valence-electron chi connectivity index (χ2n) is 36.1. The van der Waals surface area contributed by atoms with Crippen LogP contribution >= 0.6 is 0 Å². The molecule has 0 aliphatic rings. The Labute approximate surface area is 815 Å². The van der Waals surface area contributed by atoms with Crippen LogP contribution in [0.15, 0.2) is 552 Å². The Hall–Kier alpha value is -18.3. The van der Waals surface area contributed by atoms with E-state index in [1.807, 2.05) is 0 Å². The number of benzene rings is 25. The average molecular weight is 1780 g/mol. The van der Waals surface area contributed by atoms with E-state index in [1.165, 1.54) is 219 Å². The normalized spacial score (nSPS) is 11.4. The van der Waals surface area contributed by atoms with Crippen LogP contribution in [0.4, 0.5) is 17.1 Å². The zero-order chi connectivity index (χ0) is 92.1. The monoisotopic (exact) mass is 1780 g/mol. The molecule has 658 valence electrons. The fourth-order valence-electron chi connectivity index (χ4n) is 21.1. The summed E-state index contributed by atoms with van der Waals surface area (Å²) in [4.78, 5) is 2.33. The molecule has 0 atom stereocenters. The molecule has 0 aliphatic heterocycles. The van der Waals surface area contributed by atoms with Gasteiger partial charge >= 0.3 is 0 Å². The molecule has 0 unspecified atom stereocenters. The van der Waals surface area contributed by atoms with Crippen LogP contribution in [0.3, 0.4) is 0 Å². The highest BCUT2D eigenvalue weighted by Crippen LogP contribution is 2.48. The van der Waals surface area contributed by atoms with Crippen molar-refractivity contribution in [3.05, 3.63) is 552 Å². The molecule has 0 N–H and O–H groups in total. The Morgan fingerprint density at radius 1 is 0.129 bits per heavy atom. The zero-order valence-corrected chi connectivity index (χ0v) is 76.4. The molecule has 0 saturated carbocycles. The van der Waals surface area contributed by atoms with E-state index in [-0.39, 0.29) is 7.43 Å². The number of rotatable bonds is 14. The van der Waals surface area contributed by atoms with Crippen LogP contribution in [0, 0.1) is 0 Å². The molecule has 0 fully saturated rings. The van der Waals surface area contributed by atoms with E-state index in [0.29, 0.717) is 0 Å². The van der Waals surface area contributed by atoms with Gasteiger partial charge in [0.15, 0.2) is 0 Å². The highest BCUT2D eigenvalue weighted by atomic mass is 15.1. The Bertz CT molecular complexity index is 8880. The molecule has 3 heteroatoms. The SMILES string of the molecule is C.c1ccc(-c2c3ccccc3c(-c3ccc(-n4c5ccc6ccccc6c5c5c6ccccc6ccc54)cc3)c3ccccc23)cc1.c1ccc(-c2ccc(N(c3ccc(-c4ccccc4)cc3)c3ccc(-c4ccc5ccccc5c4)cc3)cc2)cc1.c1ccc(-n2c3ccc(-c4ccc(-c5ccc6ccccc6c5)cc4)cc3c3cc(-c4ccc(-c5ccc6ccccc6c5)cc4)ccc32)cc1. The molecule has 140 heavy (non-hydrogen) atoms. The lowest BCUT2D eigenvalue weighted by molar-refractivity contribution is 1.18. The van der Waals surface area contributed by atoms with Crippen molar-refractivity contribution in [2.24, 2.45) is 0 Å². The van der Waals surface area contributed by atoms with Gasteiger partial charge in [-0.2, -0.15) is 0 Å². The van der Waals surface area contributed by atoms with Crippen molar-refractivity contribution in [2.75, 3.05) is 4.90 Å². The first-order valence-electron chi connectivity index (χ1n) is 47.9. The van der Waals surface area contributed by atoms with Gasteiger partial charge in [0.2, 0.25) is 0 Å². The molecule has 0 aliphatic carbocycles. The summed E-state index contributed by atoms with van der Waals surface area (Å²) in [5.41, 5.74) is 32.6. The maximum atomic E-state index is 2.45. The molecule has 0 saturated heterocycles. The summed E-state index contributed by atoms with van der Waals surface area (Å²) in [5.74, 6) is 0. The number of anilines is 3. The summed E-state index contributed by atoms with van der Waals surface area (Å²) in [6, 6.07) is 200. The van der Waals surface area contributed by atoms with Crippen molar-refractivity contribution in [3.8, 4) is 112 Å². The molecule has 2 heterocycles. The predicted octanol–water partition coefficient (Wildman–Crippen LogP) is 38.4. The van der Waals surface area contributed by atoms with E-state index in [9.17, 15) is 0 Å². The van der Waals surface area contributed by atoms with Gasteiger partial charge in [0.1, 0.15) is 0 Å². The maximum Gasteiger partial charge on any atom is 0.0547 e. The van der Waals surface area contributed by atoms with Crippen LogP contribution in [0.1, 0.15) is 7.43 Å². The minimum absolute atomic E-state index is 0. The minimum atomic E-state index is 0. The molecular weight excluding hydrogens is 1690 g/mol. The van der Waals surface area contributed by atoms with Gasteiger partial charge in [0, 0.05) is 50.0 Å². The largest absolute Gasteiger partial charge is 0.311 e. The standard InChI is InChI=1S/C50H33N.C46H29N.C40H29N.CH4/c1-2-12-46(13-3-1)51-49-28-26-44(38-18-14-36(15-19-38)42-24-22-34-8-4-6-10-40(34)30-42)32-47(49)48-33-45(27-29-50(48)51)39-20-16-37(17-21-39)43-25-23-35-9-5-7-11-41(35)31-43;1-2-14-32(15-3-1)43-37-18-8-10-20-39(37)44(40-21-11-9-19-38(40)43)33-22-26-34(27-23-33)47-41-28-24-30-12-4-6-16-35(30)45(41)46-36-17-7-5-13-31(36)25-29-42(46)47;1-3-9-30(10-4-1)33-17-23-38(24-18-33)41(39-25-19-34(20-26-39)31-11-5-2-6-12-31)40-27-21-35(22-28-40)37-16-15-32-13-7-8-14-36(32)29-37;/h1-33H;1-29H;1-29H;1H4. The van der Waals surface area contributed by atoms with Crippen molar-refractivity contribution in [1.29, 1.82) is 0 Å². The van der Waals surface area contributed by atoms with Gasteiger partial charge < -0.3 is 14.0 Å². The van der Waals surface area contributed by atoms with Crippen molar-refractivity contribution in [3.63, 3.8) is 0 Å². The van der Waals surface area contributed by atoms with Crippen molar-refractivity contribution in [1.82, 2.24) is 9.13 Å². The fourth-order valence-corrected chi connectivity index (χ4v) is 21.1. The third-order valence-corrected chi connectivity index (χ3v) is 28.0. The van der Waals surface area contributed by atoms with E-state index in [2.05, 4.69) is 566 Å². The fraction of sp³-hybridized carbons (Fsp3) is 0.00730. The van der Waals surface area contributed by atoms with Crippen molar-refractivity contribution < 1.29 is 0 Å². The van der Waals surface area contributed by atoms with Crippen LogP contribution in [0.2, 0.25) is 0 Å². The molecule has 3 nitrogen and oxygen atoms in total. The number of hydrogen-bond donors (Lipinski definition) is 0. The van der Waals surface area contributed by atoms with Crippen LogP contribution in [-0.2, 0) is 0 Å². The van der Waals surface area contributed by atoms with Crippen molar-refractivity contribution in [2.45, 2.75) is 7.43 Å². The second kappa shape index (κ2) is 36.8. The Balaban J connectivity index is 0.000000114. The highest BCUT2D eigenvalue weighted by Gasteiger charge is 2.23. The highest BCUT2D eigenvalue weighted by molar-refractivity contribution is 6.29. The molecule has 25 aromatic carbocycles. The molecule has 2 aromatic heterocycles. The lowest BCUT2D eigenvalue weighted by atomic mass is 9.86. The smallest absolute Gasteiger partial charge is 0.0547 e. The van der Waals surface area contributed by atoms with Gasteiger partial charge in [-0.3, -0.25) is 0 Å². The van der Waals surface area contributed by atoms with Gasteiger partial charge in [-0.1, -0.05) is 444 Å². The molecular formula is C137H95N3. The minimum Gasteiger partial charge on any atom is -0.311 e. The van der Waals surface area contributed by atoms with E-state index >= 15 is 0 Å². The first kappa shape index (κ1) is 84.7. The number of fused-ring (bicyclic) bond motifs is 15. The molecule has 0 bridgehead atoms. The Morgan fingerprint density at radius 3 is 0.693 bits per heavy atom. The summed E-state index contributed by atoms with van der Waals surface area (Å²) in [7, 11) is 0. The van der Waals surface area contributed by atoms with Gasteiger partial charge in [-0.15, -0.1) is 0 Å². The average Bonchev–Trinajstić information content (AvgIpc) is 1.50.